The molecule has 0 aliphatic carbocycles. The van der Waals surface area contributed by atoms with Crippen LogP contribution in [0.15, 0.2) is 40.2 Å². The zero-order chi connectivity index (χ0) is 14.4. The molecule has 2 rings (SSSR count). The molecule has 1 heterocycles. The fourth-order valence-corrected chi connectivity index (χ4v) is 3.12. The minimum Gasteiger partial charge on any atom is -0.375 e. The first-order valence-corrected chi connectivity index (χ1v) is 8.11. The van der Waals surface area contributed by atoms with Crippen LogP contribution in [0.25, 0.3) is 0 Å². The van der Waals surface area contributed by atoms with Crippen molar-refractivity contribution in [3.05, 3.63) is 50.6 Å². The summed E-state index contributed by atoms with van der Waals surface area (Å²) in [6, 6.07) is 10.1. The number of carbonyl (C=O) groups is 1. The van der Waals surface area contributed by atoms with Gasteiger partial charge in [0.1, 0.15) is 0 Å². The summed E-state index contributed by atoms with van der Waals surface area (Å²) in [6.07, 6.45) is 0.887. The zero-order valence-corrected chi connectivity index (χ0v) is 13.7. The number of carbonyl (C=O) groups excluding carboxylic acids is 1. The minimum atomic E-state index is 0.00836. The first-order valence-electron chi connectivity index (χ1n) is 6.44. The highest BCUT2D eigenvalue weighted by Gasteiger charge is 2.04. The summed E-state index contributed by atoms with van der Waals surface area (Å²) in [4.78, 5) is 13.0. The number of aryl methyl sites for hydroxylation is 1. The Balaban J connectivity index is 1.72. The summed E-state index contributed by atoms with van der Waals surface area (Å²) in [6.45, 7) is 2.99. The summed E-state index contributed by atoms with van der Waals surface area (Å²) in [5.41, 5.74) is 2.12. The number of amides is 1. The average Bonchev–Trinajstić information content (AvgIpc) is 2.91. The maximum Gasteiger partial charge on any atom is 0.239 e. The average molecular weight is 353 g/mol. The van der Waals surface area contributed by atoms with Gasteiger partial charge in [-0.3, -0.25) is 4.79 Å². The fourth-order valence-electron chi connectivity index (χ4n) is 1.78. The van der Waals surface area contributed by atoms with E-state index >= 15 is 0 Å². The summed E-state index contributed by atoms with van der Waals surface area (Å²) in [5, 5.41) is 8.09. The maximum absolute atomic E-state index is 11.7. The van der Waals surface area contributed by atoms with Crippen LogP contribution in [0.4, 0.5) is 5.69 Å². The van der Waals surface area contributed by atoms with E-state index in [1.807, 2.05) is 36.6 Å². The van der Waals surface area contributed by atoms with Gasteiger partial charge in [0.05, 0.1) is 6.54 Å². The van der Waals surface area contributed by atoms with Crippen LogP contribution >= 0.6 is 27.3 Å². The van der Waals surface area contributed by atoms with Crippen molar-refractivity contribution >= 4 is 38.9 Å². The first-order chi connectivity index (χ1) is 9.65. The Hall–Kier alpha value is -1.33. The molecular formula is C15H17BrN2OS. The lowest BCUT2D eigenvalue weighted by Crippen LogP contribution is -2.31. The highest BCUT2D eigenvalue weighted by Crippen LogP contribution is 2.22. The number of anilines is 1. The van der Waals surface area contributed by atoms with Gasteiger partial charge >= 0.3 is 0 Å². The van der Waals surface area contributed by atoms with Crippen LogP contribution in [0.2, 0.25) is 0 Å². The molecule has 0 aliphatic rings. The molecule has 0 radical (unpaired) electrons. The molecule has 0 fully saturated rings. The molecule has 0 unspecified atom stereocenters. The molecule has 2 aromatic rings. The van der Waals surface area contributed by atoms with Gasteiger partial charge in [-0.1, -0.05) is 12.1 Å². The molecule has 1 amide bonds. The van der Waals surface area contributed by atoms with Gasteiger partial charge in [-0.15, -0.1) is 11.3 Å². The molecule has 0 spiro atoms. The summed E-state index contributed by atoms with van der Waals surface area (Å²) in [7, 11) is 0. The second-order valence-corrected chi connectivity index (χ2v) is 6.40. The Morgan fingerprint density at radius 1 is 1.35 bits per heavy atom. The van der Waals surface area contributed by atoms with Gasteiger partial charge in [0.25, 0.3) is 0 Å². The van der Waals surface area contributed by atoms with E-state index in [1.54, 1.807) is 11.3 Å². The molecule has 0 atom stereocenters. The van der Waals surface area contributed by atoms with Crippen molar-refractivity contribution in [2.45, 2.75) is 13.3 Å². The van der Waals surface area contributed by atoms with Crippen molar-refractivity contribution in [2.24, 2.45) is 0 Å². The van der Waals surface area contributed by atoms with Crippen molar-refractivity contribution in [2.75, 3.05) is 18.4 Å². The lowest BCUT2D eigenvalue weighted by Gasteiger charge is -2.09. The Kier molecular flexibility index (Phi) is 5.61. The largest absolute Gasteiger partial charge is 0.375 e. The number of benzene rings is 1. The third kappa shape index (κ3) is 4.65. The van der Waals surface area contributed by atoms with Gasteiger partial charge in [0, 0.05) is 21.6 Å². The van der Waals surface area contributed by atoms with Gasteiger partial charge in [0.2, 0.25) is 5.91 Å². The second kappa shape index (κ2) is 7.45. The van der Waals surface area contributed by atoms with E-state index in [1.165, 1.54) is 10.4 Å². The molecule has 1 aromatic carbocycles. The Labute approximate surface area is 131 Å². The van der Waals surface area contributed by atoms with Crippen molar-refractivity contribution in [1.82, 2.24) is 5.32 Å². The SMILES string of the molecule is Cc1ccc(NCC(=O)NCCc2cccs2)c(Br)c1. The molecule has 3 nitrogen and oxygen atoms in total. The molecule has 0 bridgehead atoms. The molecular weight excluding hydrogens is 336 g/mol. The number of thiophene rings is 1. The van der Waals surface area contributed by atoms with Crippen molar-refractivity contribution in [3.8, 4) is 0 Å². The third-order valence-corrected chi connectivity index (χ3v) is 4.43. The smallest absolute Gasteiger partial charge is 0.239 e. The lowest BCUT2D eigenvalue weighted by atomic mass is 10.2. The molecule has 2 N–H and O–H groups in total. The van der Waals surface area contributed by atoms with Crippen molar-refractivity contribution in [3.63, 3.8) is 0 Å². The van der Waals surface area contributed by atoms with E-state index in [0.717, 1.165) is 16.6 Å². The second-order valence-electron chi connectivity index (χ2n) is 4.52. The van der Waals surface area contributed by atoms with Gasteiger partial charge in [-0.2, -0.15) is 0 Å². The molecule has 0 saturated heterocycles. The highest BCUT2D eigenvalue weighted by atomic mass is 79.9. The minimum absolute atomic E-state index is 0.00836. The predicted molar refractivity (Wildman–Crippen MR) is 88.4 cm³/mol. The van der Waals surface area contributed by atoms with Gasteiger partial charge in [0.15, 0.2) is 0 Å². The quantitative estimate of drug-likeness (QED) is 0.833. The third-order valence-electron chi connectivity index (χ3n) is 2.84. The fraction of sp³-hybridized carbons (Fsp3) is 0.267. The lowest BCUT2D eigenvalue weighted by molar-refractivity contribution is -0.119. The number of halogens is 1. The molecule has 0 aliphatic heterocycles. The highest BCUT2D eigenvalue weighted by molar-refractivity contribution is 9.10. The Morgan fingerprint density at radius 3 is 2.90 bits per heavy atom. The van der Waals surface area contributed by atoms with E-state index in [9.17, 15) is 4.79 Å². The summed E-state index contributed by atoms with van der Waals surface area (Å²) < 4.78 is 0.976. The van der Waals surface area contributed by atoms with Crippen LogP contribution in [-0.4, -0.2) is 19.0 Å². The van der Waals surface area contributed by atoms with Crippen LogP contribution in [0.5, 0.6) is 0 Å². The first kappa shape index (κ1) is 15.1. The Morgan fingerprint density at radius 2 is 2.20 bits per heavy atom. The van der Waals surface area contributed by atoms with E-state index < -0.39 is 0 Å². The van der Waals surface area contributed by atoms with E-state index in [2.05, 4.69) is 32.6 Å². The predicted octanol–water partition coefficient (Wildman–Crippen LogP) is 3.59. The van der Waals surface area contributed by atoms with E-state index in [-0.39, 0.29) is 12.5 Å². The van der Waals surface area contributed by atoms with Crippen LogP contribution in [0.3, 0.4) is 0 Å². The standard InChI is InChI=1S/C15H17BrN2OS/c1-11-4-5-14(13(16)9-11)18-10-15(19)17-7-6-12-3-2-8-20-12/h2-5,8-9,18H,6-7,10H2,1H3,(H,17,19). The maximum atomic E-state index is 11.7. The topological polar surface area (TPSA) is 41.1 Å². The molecule has 20 heavy (non-hydrogen) atoms. The summed E-state index contributed by atoms with van der Waals surface area (Å²) >= 11 is 5.20. The van der Waals surface area contributed by atoms with Gasteiger partial charge in [-0.25, -0.2) is 0 Å². The molecule has 0 saturated carbocycles. The van der Waals surface area contributed by atoms with Crippen molar-refractivity contribution < 1.29 is 4.79 Å². The van der Waals surface area contributed by atoms with Crippen LogP contribution in [0.1, 0.15) is 10.4 Å². The van der Waals surface area contributed by atoms with Crippen molar-refractivity contribution in [1.29, 1.82) is 0 Å². The molecule has 1 aromatic heterocycles. The molecule has 106 valence electrons. The van der Waals surface area contributed by atoms with Gasteiger partial charge < -0.3 is 10.6 Å². The van der Waals surface area contributed by atoms with Crippen LogP contribution < -0.4 is 10.6 Å². The molecule has 5 heteroatoms. The number of hydrogen-bond acceptors (Lipinski definition) is 3. The number of nitrogens with one attached hydrogen (secondary N) is 2. The Bertz CT molecular complexity index is 569. The van der Waals surface area contributed by atoms with Crippen LogP contribution in [-0.2, 0) is 11.2 Å². The number of rotatable bonds is 6. The van der Waals surface area contributed by atoms with Gasteiger partial charge in [-0.05, 0) is 58.4 Å². The number of hydrogen-bond donors (Lipinski definition) is 2. The monoisotopic (exact) mass is 352 g/mol. The normalized spacial score (nSPS) is 10.3. The van der Waals surface area contributed by atoms with E-state index in [0.29, 0.717) is 6.54 Å². The summed E-state index contributed by atoms with van der Waals surface area (Å²) in [5.74, 6) is 0.00836. The zero-order valence-electron chi connectivity index (χ0n) is 11.3. The van der Waals surface area contributed by atoms with Crippen LogP contribution in [0, 0.1) is 6.92 Å². The van der Waals surface area contributed by atoms with E-state index in [4.69, 9.17) is 0 Å².